The number of hydrogen-bond donors (Lipinski definition) is 2. The van der Waals surface area contributed by atoms with Crippen LogP contribution in [0.3, 0.4) is 0 Å². The van der Waals surface area contributed by atoms with E-state index in [0.29, 0.717) is 12.5 Å². The molecule has 0 radical (unpaired) electrons. The minimum absolute atomic E-state index is 0.0360. The summed E-state index contributed by atoms with van der Waals surface area (Å²) in [6.45, 7) is 9.63. The van der Waals surface area contributed by atoms with E-state index in [2.05, 4.69) is 34.4 Å². The number of hydrogen-bond acceptors (Lipinski definition) is 5. The second-order valence-electron chi connectivity index (χ2n) is 5.54. The van der Waals surface area contributed by atoms with Crippen molar-refractivity contribution in [1.29, 1.82) is 0 Å². The first-order valence-corrected chi connectivity index (χ1v) is 7.43. The monoisotopic (exact) mass is 293 g/mol. The molecule has 0 aliphatic heterocycles. The number of amides is 1. The number of carbonyl (C=O) groups is 1. The van der Waals surface area contributed by atoms with Crippen LogP contribution in [0.15, 0.2) is 6.33 Å². The molecule has 1 atom stereocenters. The van der Waals surface area contributed by atoms with Crippen LogP contribution in [0.25, 0.3) is 0 Å². The second kappa shape index (κ2) is 7.81. The molecule has 0 bridgehead atoms. The van der Waals surface area contributed by atoms with Gasteiger partial charge in [-0.25, -0.2) is 9.97 Å². The van der Waals surface area contributed by atoms with Crippen LogP contribution in [-0.4, -0.2) is 43.1 Å². The van der Waals surface area contributed by atoms with Crippen molar-refractivity contribution in [3.63, 3.8) is 0 Å². The molecule has 1 heterocycles. The quantitative estimate of drug-likeness (QED) is 0.803. The van der Waals surface area contributed by atoms with E-state index in [4.69, 9.17) is 0 Å². The van der Waals surface area contributed by atoms with Gasteiger partial charge in [0.25, 0.3) is 0 Å². The molecule has 118 valence electrons. The Kier molecular flexibility index (Phi) is 6.39. The summed E-state index contributed by atoms with van der Waals surface area (Å²) in [6, 6.07) is 0. The SMILES string of the molecule is CCNc1ncnc(N(C)CC(C)C(=O)NC)c1C(C)C. The predicted molar refractivity (Wildman–Crippen MR) is 86.8 cm³/mol. The minimum atomic E-state index is -0.0995. The third-order valence-electron chi connectivity index (χ3n) is 3.39. The summed E-state index contributed by atoms with van der Waals surface area (Å²) < 4.78 is 0. The lowest BCUT2D eigenvalue weighted by molar-refractivity contribution is -0.123. The molecule has 1 aromatic rings. The van der Waals surface area contributed by atoms with Gasteiger partial charge in [0.2, 0.25) is 5.91 Å². The molecule has 0 saturated heterocycles. The van der Waals surface area contributed by atoms with E-state index in [9.17, 15) is 4.79 Å². The Morgan fingerprint density at radius 1 is 1.33 bits per heavy atom. The molecule has 1 rings (SSSR count). The number of anilines is 2. The predicted octanol–water partition coefficient (Wildman–Crippen LogP) is 1.85. The Labute approximate surface area is 127 Å². The summed E-state index contributed by atoms with van der Waals surface area (Å²) in [4.78, 5) is 22.5. The van der Waals surface area contributed by atoms with Crippen molar-refractivity contribution >= 4 is 17.5 Å². The van der Waals surface area contributed by atoms with Crippen LogP contribution in [-0.2, 0) is 4.79 Å². The zero-order chi connectivity index (χ0) is 16.0. The summed E-state index contributed by atoms with van der Waals surface area (Å²) in [5.74, 6) is 1.99. The molecule has 21 heavy (non-hydrogen) atoms. The van der Waals surface area contributed by atoms with E-state index in [0.717, 1.165) is 23.7 Å². The molecular formula is C15H27N5O. The molecule has 0 aromatic carbocycles. The van der Waals surface area contributed by atoms with E-state index in [1.165, 1.54) is 0 Å². The molecule has 0 spiro atoms. The van der Waals surface area contributed by atoms with E-state index in [1.807, 2.05) is 25.8 Å². The third-order valence-corrected chi connectivity index (χ3v) is 3.39. The molecule has 2 N–H and O–H groups in total. The van der Waals surface area contributed by atoms with Gasteiger partial charge in [-0.05, 0) is 12.8 Å². The lowest BCUT2D eigenvalue weighted by Gasteiger charge is -2.26. The lowest BCUT2D eigenvalue weighted by atomic mass is 10.0. The maximum atomic E-state index is 11.7. The maximum Gasteiger partial charge on any atom is 0.224 e. The number of aromatic nitrogens is 2. The minimum Gasteiger partial charge on any atom is -0.370 e. The first kappa shape index (κ1) is 17.2. The van der Waals surface area contributed by atoms with Gasteiger partial charge in [-0.15, -0.1) is 0 Å². The van der Waals surface area contributed by atoms with Gasteiger partial charge in [-0.1, -0.05) is 20.8 Å². The summed E-state index contributed by atoms with van der Waals surface area (Å²) in [6.07, 6.45) is 1.57. The molecular weight excluding hydrogens is 266 g/mol. The third kappa shape index (κ3) is 4.31. The lowest BCUT2D eigenvalue weighted by Crippen LogP contribution is -2.35. The van der Waals surface area contributed by atoms with Crippen LogP contribution >= 0.6 is 0 Å². The summed E-state index contributed by atoms with van der Waals surface area (Å²) in [7, 11) is 3.62. The fourth-order valence-corrected chi connectivity index (χ4v) is 2.36. The van der Waals surface area contributed by atoms with Crippen LogP contribution in [0, 0.1) is 5.92 Å². The van der Waals surface area contributed by atoms with E-state index in [1.54, 1.807) is 13.4 Å². The van der Waals surface area contributed by atoms with Gasteiger partial charge in [-0.2, -0.15) is 0 Å². The van der Waals surface area contributed by atoms with Crippen LogP contribution < -0.4 is 15.5 Å². The number of rotatable bonds is 7. The number of nitrogens with one attached hydrogen (secondary N) is 2. The molecule has 1 amide bonds. The van der Waals surface area contributed by atoms with Gasteiger partial charge in [0.1, 0.15) is 18.0 Å². The maximum absolute atomic E-state index is 11.7. The first-order valence-electron chi connectivity index (χ1n) is 7.43. The normalized spacial score (nSPS) is 12.1. The van der Waals surface area contributed by atoms with Crippen molar-refractivity contribution in [3.05, 3.63) is 11.9 Å². The van der Waals surface area contributed by atoms with Crippen molar-refractivity contribution in [3.8, 4) is 0 Å². The van der Waals surface area contributed by atoms with Crippen molar-refractivity contribution in [2.45, 2.75) is 33.6 Å². The van der Waals surface area contributed by atoms with E-state index in [-0.39, 0.29) is 11.8 Å². The van der Waals surface area contributed by atoms with Gasteiger partial charge in [0, 0.05) is 32.7 Å². The molecule has 0 fully saturated rings. The fourth-order valence-electron chi connectivity index (χ4n) is 2.36. The van der Waals surface area contributed by atoms with Gasteiger partial charge in [-0.3, -0.25) is 4.79 Å². The highest BCUT2D eigenvalue weighted by atomic mass is 16.1. The highest BCUT2D eigenvalue weighted by Gasteiger charge is 2.20. The molecule has 1 aromatic heterocycles. The molecule has 0 aliphatic rings. The average molecular weight is 293 g/mol. The van der Waals surface area contributed by atoms with Crippen LogP contribution in [0.4, 0.5) is 11.6 Å². The Balaban J connectivity index is 3.05. The molecule has 6 heteroatoms. The van der Waals surface area contributed by atoms with Gasteiger partial charge in [0.15, 0.2) is 0 Å². The molecule has 0 aliphatic carbocycles. The van der Waals surface area contributed by atoms with E-state index >= 15 is 0 Å². The largest absolute Gasteiger partial charge is 0.370 e. The fraction of sp³-hybridized carbons (Fsp3) is 0.667. The number of nitrogens with zero attached hydrogens (tertiary/aromatic N) is 3. The zero-order valence-electron chi connectivity index (χ0n) is 13.9. The topological polar surface area (TPSA) is 70.2 Å². The molecule has 6 nitrogen and oxygen atoms in total. The molecule has 0 saturated carbocycles. The van der Waals surface area contributed by atoms with Crippen molar-refractivity contribution in [2.75, 3.05) is 37.4 Å². The van der Waals surface area contributed by atoms with Gasteiger partial charge < -0.3 is 15.5 Å². The van der Waals surface area contributed by atoms with Crippen molar-refractivity contribution in [1.82, 2.24) is 15.3 Å². The van der Waals surface area contributed by atoms with Crippen LogP contribution in [0.2, 0.25) is 0 Å². The van der Waals surface area contributed by atoms with Crippen LogP contribution in [0.5, 0.6) is 0 Å². The average Bonchev–Trinajstić information content (AvgIpc) is 2.45. The zero-order valence-corrected chi connectivity index (χ0v) is 13.9. The van der Waals surface area contributed by atoms with Gasteiger partial charge >= 0.3 is 0 Å². The molecule has 1 unspecified atom stereocenters. The summed E-state index contributed by atoms with van der Waals surface area (Å²) in [5, 5.41) is 5.96. The Hall–Kier alpha value is -1.85. The first-order chi connectivity index (χ1) is 9.92. The van der Waals surface area contributed by atoms with Crippen LogP contribution in [0.1, 0.15) is 39.2 Å². The van der Waals surface area contributed by atoms with Crippen molar-refractivity contribution < 1.29 is 4.79 Å². The highest BCUT2D eigenvalue weighted by molar-refractivity contribution is 5.78. The van der Waals surface area contributed by atoms with Crippen molar-refractivity contribution in [2.24, 2.45) is 5.92 Å². The second-order valence-corrected chi connectivity index (χ2v) is 5.54. The Morgan fingerprint density at radius 2 is 2.00 bits per heavy atom. The Bertz CT molecular complexity index is 475. The Morgan fingerprint density at radius 3 is 2.52 bits per heavy atom. The summed E-state index contributed by atoms with van der Waals surface area (Å²) >= 11 is 0. The van der Waals surface area contributed by atoms with E-state index < -0.39 is 0 Å². The summed E-state index contributed by atoms with van der Waals surface area (Å²) in [5.41, 5.74) is 1.09. The number of carbonyl (C=O) groups excluding carboxylic acids is 1. The highest BCUT2D eigenvalue weighted by Crippen LogP contribution is 2.30. The standard InChI is InChI=1S/C15H27N5O/c1-7-17-13-12(10(2)3)14(19-9-18-13)20(6)8-11(4)15(21)16-5/h9-11H,7-8H2,1-6H3,(H,16,21)(H,17,18,19). The smallest absolute Gasteiger partial charge is 0.224 e. The van der Waals surface area contributed by atoms with Gasteiger partial charge in [0.05, 0.1) is 5.92 Å².